The normalized spacial score (nSPS) is 18.8. The molecule has 32 heavy (non-hydrogen) atoms. The Morgan fingerprint density at radius 2 is 1.81 bits per heavy atom. The number of ether oxygens (including phenoxy) is 1. The van der Waals surface area contributed by atoms with Crippen LogP contribution in [0.4, 0.5) is 0 Å². The second-order valence-corrected chi connectivity index (χ2v) is 8.16. The molecule has 168 valence electrons. The molecule has 0 spiro atoms. The van der Waals surface area contributed by atoms with E-state index in [0.29, 0.717) is 31.0 Å². The molecule has 0 radical (unpaired) electrons. The highest BCUT2D eigenvalue weighted by molar-refractivity contribution is 6.46. The van der Waals surface area contributed by atoms with Crippen LogP contribution in [-0.2, 0) is 9.59 Å². The van der Waals surface area contributed by atoms with Gasteiger partial charge in [-0.1, -0.05) is 49.9 Å². The zero-order chi connectivity index (χ0) is 23.3. The lowest BCUT2D eigenvalue weighted by atomic mass is 9.87. The van der Waals surface area contributed by atoms with Gasteiger partial charge < -0.3 is 19.6 Å². The van der Waals surface area contributed by atoms with E-state index >= 15 is 0 Å². The summed E-state index contributed by atoms with van der Waals surface area (Å²) in [5.74, 6) is -0.949. The Bertz CT molecular complexity index is 996. The van der Waals surface area contributed by atoms with Gasteiger partial charge in [0.15, 0.2) is 0 Å². The first-order valence-corrected chi connectivity index (χ1v) is 10.7. The number of carbonyl (C=O) groups excluding carboxylic acids is 2. The van der Waals surface area contributed by atoms with Crippen molar-refractivity contribution >= 4 is 17.4 Å². The summed E-state index contributed by atoms with van der Waals surface area (Å²) in [4.78, 5) is 29.6. The predicted octanol–water partition coefficient (Wildman–Crippen LogP) is 3.67. The van der Waals surface area contributed by atoms with Gasteiger partial charge in [0.2, 0.25) is 0 Å². The average molecular weight is 435 g/mol. The largest absolute Gasteiger partial charge is 0.507 e. The first-order chi connectivity index (χ1) is 15.3. The zero-order valence-corrected chi connectivity index (χ0v) is 18.8. The molecule has 2 aromatic rings. The standard InChI is InChI=1S/C26H30N2O4/c1-5-17-32-21-13-11-20(12-14-21)24(29)22-23(18(2)19-9-7-6-8-10-19)28(16-15-27(3)4)26(31)25(22)30/h5-14,18,23,29H,1,15-17H2,2-4H3/b24-22+. The molecule has 1 N–H and O–H groups in total. The lowest BCUT2D eigenvalue weighted by Crippen LogP contribution is -2.41. The lowest BCUT2D eigenvalue weighted by Gasteiger charge is -2.31. The highest BCUT2D eigenvalue weighted by Crippen LogP contribution is 2.37. The van der Waals surface area contributed by atoms with Gasteiger partial charge in [0.25, 0.3) is 11.7 Å². The van der Waals surface area contributed by atoms with Crippen LogP contribution in [0.2, 0.25) is 0 Å². The summed E-state index contributed by atoms with van der Waals surface area (Å²) in [6, 6.07) is 16.0. The number of likely N-dealkylation sites (N-methyl/N-ethyl adjacent to an activating group) is 1. The van der Waals surface area contributed by atoms with Crippen LogP contribution in [0.3, 0.4) is 0 Å². The van der Waals surface area contributed by atoms with Gasteiger partial charge in [-0.3, -0.25) is 9.59 Å². The average Bonchev–Trinajstić information content (AvgIpc) is 3.06. The number of nitrogens with zero attached hydrogens (tertiary/aromatic N) is 2. The number of hydrogen-bond acceptors (Lipinski definition) is 5. The fourth-order valence-corrected chi connectivity index (χ4v) is 3.94. The van der Waals surface area contributed by atoms with Crippen LogP contribution in [0.15, 0.2) is 72.8 Å². The second kappa shape index (κ2) is 10.3. The fraction of sp³-hybridized carbons (Fsp3) is 0.308. The first kappa shape index (κ1) is 23.3. The predicted molar refractivity (Wildman–Crippen MR) is 126 cm³/mol. The molecular weight excluding hydrogens is 404 g/mol. The Labute approximate surface area is 189 Å². The SMILES string of the molecule is C=CCOc1ccc(/C(O)=C2\C(=O)C(=O)N(CCN(C)C)C2C(C)c2ccccc2)cc1. The van der Waals surface area contributed by atoms with Crippen molar-refractivity contribution in [3.63, 3.8) is 0 Å². The highest BCUT2D eigenvalue weighted by atomic mass is 16.5. The van der Waals surface area contributed by atoms with E-state index in [4.69, 9.17) is 4.74 Å². The van der Waals surface area contributed by atoms with Crippen LogP contribution in [-0.4, -0.2) is 66.4 Å². The first-order valence-electron chi connectivity index (χ1n) is 10.7. The van der Waals surface area contributed by atoms with Crippen LogP contribution in [0.25, 0.3) is 5.76 Å². The fourth-order valence-electron chi connectivity index (χ4n) is 3.94. The van der Waals surface area contributed by atoms with Gasteiger partial charge in [-0.05, 0) is 43.9 Å². The van der Waals surface area contributed by atoms with Crippen molar-refractivity contribution in [3.8, 4) is 5.75 Å². The number of likely N-dealkylation sites (tertiary alicyclic amines) is 1. The van der Waals surface area contributed by atoms with Gasteiger partial charge in [0.05, 0.1) is 11.6 Å². The number of rotatable bonds is 9. The molecule has 6 nitrogen and oxygen atoms in total. The maximum Gasteiger partial charge on any atom is 0.295 e. The molecule has 0 aromatic heterocycles. The summed E-state index contributed by atoms with van der Waals surface area (Å²) in [6.07, 6.45) is 1.65. The van der Waals surface area contributed by atoms with E-state index in [0.717, 1.165) is 5.56 Å². The van der Waals surface area contributed by atoms with Crippen molar-refractivity contribution in [2.75, 3.05) is 33.8 Å². The van der Waals surface area contributed by atoms with E-state index < -0.39 is 17.7 Å². The number of aliphatic hydroxyl groups is 1. The van der Waals surface area contributed by atoms with Crippen LogP contribution < -0.4 is 4.74 Å². The number of aliphatic hydroxyl groups excluding tert-OH is 1. The van der Waals surface area contributed by atoms with Gasteiger partial charge in [0, 0.05) is 24.6 Å². The van der Waals surface area contributed by atoms with E-state index in [2.05, 4.69) is 6.58 Å². The molecule has 1 saturated heterocycles. The number of amides is 1. The van der Waals surface area contributed by atoms with Gasteiger partial charge in [-0.15, -0.1) is 0 Å². The molecule has 6 heteroatoms. The molecule has 3 rings (SSSR count). The van der Waals surface area contributed by atoms with Crippen molar-refractivity contribution < 1.29 is 19.4 Å². The summed E-state index contributed by atoms with van der Waals surface area (Å²) in [6.45, 7) is 6.98. The smallest absolute Gasteiger partial charge is 0.295 e. The summed E-state index contributed by atoms with van der Waals surface area (Å²) in [5.41, 5.74) is 1.60. The molecule has 0 saturated carbocycles. The van der Waals surface area contributed by atoms with Crippen molar-refractivity contribution in [2.24, 2.45) is 0 Å². The molecule has 1 heterocycles. The van der Waals surface area contributed by atoms with E-state index in [1.807, 2.05) is 56.3 Å². The van der Waals surface area contributed by atoms with E-state index in [1.165, 1.54) is 0 Å². The molecule has 1 amide bonds. The number of ketones is 1. The lowest BCUT2D eigenvalue weighted by molar-refractivity contribution is -0.140. The molecule has 1 fully saturated rings. The molecule has 0 bridgehead atoms. The van der Waals surface area contributed by atoms with E-state index in [-0.39, 0.29) is 17.3 Å². The minimum Gasteiger partial charge on any atom is -0.507 e. The van der Waals surface area contributed by atoms with Crippen molar-refractivity contribution in [2.45, 2.75) is 18.9 Å². The summed E-state index contributed by atoms with van der Waals surface area (Å²) in [7, 11) is 3.84. The van der Waals surface area contributed by atoms with Gasteiger partial charge in [-0.25, -0.2) is 0 Å². The van der Waals surface area contributed by atoms with Crippen LogP contribution in [0, 0.1) is 0 Å². The van der Waals surface area contributed by atoms with E-state index in [9.17, 15) is 14.7 Å². The topological polar surface area (TPSA) is 70.1 Å². The Balaban J connectivity index is 2.04. The van der Waals surface area contributed by atoms with Crippen LogP contribution in [0.5, 0.6) is 5.75 Å². The highest BCUT2D eigenvalue weighted by Gasteiger charge is 2.47. The van der Waals surface area contributed by atoms with Crippen LogP contribution in [0.1, 0.15) is 24.0 Å². The Kier molecular flexibility index (Phi) is 7.49. The monoisotopic (exact) mass is 434 g/mol. The van der Waals surface area contributed by atoms with Gasteiger partial charge in [-0.2, -0.15) is 0 Å². The molecule has 0 aliphatic carbocycles. The maximum atomic E-state index is 13.1. The minimum atomic E-state index is -0.652. The third-order valence-electron chi connectivity index (χ3n) is 5.67. The Morgan fingerprint density at radius 1 is 1.16 bits per heavy atom. The molecular formula is C26H30N2O4. The molecule has 1 aliphatic heterocycles. The van der Waals surface area contributed by atoms with Gasteiger partial charge >= 0.3 is 0 Å². The summed E-state index contributed by atoms with van der Waals surface area (Å²) < 4.78 is 5.49. The number of benzene rings is 2. The molecule has 1 aliphatic rings. The third kappa shape index (κ3) is 4.92. The maximum absolute atomic E-state index is 13.1. The second-order valence-electron chi connectivity index (χ2n) is 8.16. The third-order valence-corrected chi connectivity index (χ3v) is 5.67. The van der Waals surface area contributed by atoms with E-state index in [1.54, 1.807) is 35.2 Å². The molecule has 2 atom stereocenters. The Morgan fingerprint density at radius 3 is 2.41 bits per heavy atom. The quantitative estimate of drug-likeness (QED) is 0.282. The van der Waals surface area contributed by atoms with Crippen molar-refractivity contribution in [1.82, 2.24) is 9.80 Å². The van der Waals surface area contributed by atoms with Gasteiger partial charge in [0.1, 0.15) is 18.1 Å². The van der Waals surface area contributed by atoms with Crippen molar-refractivity contribution in [1.29, 1.82) is 0 Å². The number of carbonyl (C=O) groups is 2. The van der Waals surface area contributed by atoms with Crippen LogP contribution >= 0.6 is 0 Å². The number of hydrogen-bond donors (Lipinski definition) is 1. The number of Topliss-reactive ketones (excluding diaryl/α,β-unsaturated/α-hetero) is 1. The molecule has 2 aromatic carbocycles. The summed E-state index contributed by atoms with van der Waals surface area (Å²) >= 11 is 0. The van der Waals surface area contributed by atoms with Crippen molar-refractivity contribution in [3.05, 3.63) is 84.0 Å². The zero-order valence-electron chi connectivity index (χ0n) is 18.8. The Hall–Kier alpha value is -3.38. The summed E-state index contributed by atoms with van der Waals surface area (Å²) in [5, 5.41) is 11.1. The minimum absolute atomic E-state index is 0.143. The molecule has 2 unspecified atom stereocenters.